The van der Waals surface area contributed by atoms with Gasteiger partial charge in [-0.3, -0.25) is 0 Å². The molecule has 27 heavy (non-hydrogen) atoms. The molecule has 0 amide bonds. The summed E-state index contributed by atoms with van der Waals surface area (Å²) in [6.45, 7) is 0.972. The lowest BCUT2D eigenvalue weighted by molar-refractivity contribution is -0.648. The number of aliphatic carboxylic acids is 1. The third-order valence-corrected chi connectivity index (χ3v) is 3.62. The third-order valence-electron chi connectivity index (χ3n) is 3.62. The maximum absolute atomic E-state index is 8.89. The van der Waals surface area contributed by atoms with E-state index in [4.69, 9.17) is 14.3 Å². The Morgan fingerprint density at radius 1 is 0.815 bits per heavy atom. The number of nitrogens with zero attached hydrogens (tertiary/aromatic N) is 2. The zero-order valence-corrected chi connectivity index (χ0v) is 14.8. The summed E-state index contributed by atoms with van der Waals surface area (Å²) in [5, 5.41) is 13.6. The molecular weight excluding hydrogens is 340 g/mol. The fraction of sp³-hybridized carbons (Fsp3) is 0.0455. The first kappa shape index (κ1) is 18.1. The number of carboxylic acids is 1. The first-order valence-electron chi connectivity index (χ1n) is 8.42. The van der Waals surface area contributed by atoms with Gasteiger partial charge in [-0.1, -0.05) is 54.6 Å². The monoisotopic (exact) mass is 358 g/mol. The molecular formula is C22H18N2O3. The van der Waals surface area contributed by atoms with Crippen molar-refractivity contribution in [2.45, 2.75) is 6.92 Å². The van der Waals surface area contributed by atoms with E-state index in [2.05, 4.69) is 5.10 Å². The Hall–Kier alpha value is -3.73. The summed E-state index contributed by atoms with van der Waals surface area (Å²) in [5.41, 5.74) is 2.92. The predicted octanol–water partition coefficient (Wildman–Crippen LogP) is 3.04. The molecule has 0 aliphatic carbocycles. The van der Waals surface area contributed by atoms with E-state index in [1.54, 1.807) is 0 Å². The van der Waals surface area contributed by atoms with Crippen molar-refractivity contribution in [2.24, 2.45) is 0 Å². The molecule has 0 saturated heterocycles. The highest BCUT2D eigenvalue weighted by atomic mass is 16.4. The van der Waals surface area contributed by atoms with Gasteiger partial charge in [-0.2, -0.15) is 0 Å². The standard InChI is InChI=1S/C20H15N2O.C2H4O2/c1-4-10-16(11-5-1)19-21-22(18-14-8-3-9-15-18)20(23-19)17-12-6-2-7-13-17;1-2(3)4/h1-15H;1H3,(H,3,4)/q+1;/p-1. The van der Waals surface area contributed by atoms with Crippen molar-refractivity contribution in [1.29, 1.82) is 0 Å². The van der Waals surface area contributed by atoms with Crippen LogP contribution in [0.3, 0.4) is 0 Å². The van der Waals surface area contributed by atoms with E-state index in [0.29, 0.717) is 5.89 Å². The second-order valence-corrected chi connectivity index (χ2v) is 5.68. The normalized spacial score (nSPS) is 9.96. The van der Waals surface area contributed by atoms with E-state index < -0.39 is 5.97 Å². The van der Waals surface area contributed by atoms with Crippen LogP contribution in [0, 0.1) is 0 Å². The lowest BCUT2D eigenvalue weighted by atomic mass is 10.2. The number of para-hydroxylation sites is 1. The molecule has 4 aromatic rings. The maximum Gasteiger partial charge on any atom is 0.414 e. The van der Waals surface area contributed by atoms with Gasteiger partial charge in [0.2, 0.25) is 5.69 Å². The summed E-state index contributed by atoms with van der Waals surface area (Å²) >= 11 is 0. The second-order valence-electron chi connectivity index (χ2n) is 5.68. The first-order chi connectivity index (χ1) is 13.1. The average Bonchev–Trinajstić information content (AvgIpc) is 3.15. The fourth-order valence-corrected chi connectivity index (χ4v) is 2.49. The van der Waals surface area contributed by atoms with E-state index >= 15 is 0 Å². The molecule has 0 aliphatic rings. The van der Waals surface area contributed by atoms with Crippen LogP contribution in [0.15, 0.2) is 95.4 Å². The van der Waals surface area contributed by atoms with Gasteiger partial charge in [-0.25, -0.2) is 0 Å². The van der Waals surface area contributed by atoms with Gasteiger partial charge in [0.1, 0.15) is 0 Å². The highest BCUT2D eigenvalue weighted by molar-refractivity contribution is 5.60. The number of hydrogen-bond donors (Lipinski definition) is 0. The van der Waals surface area contributed by atoms with Crippen LogP contribution in [0.2, 0.25) is 0 Å². The number of rotatable bonds is 3. The largest absolute Gasteiger partial charge is 0.550 e. The molecule has 0 radical (unpaired) electrons. The molecule has 0 atom stereocenters. The number of hydrogen-bond acceptors (Lipinski definition) is 4. The van der Waals surface area contributed by atoms with Gasteiger partial charge in [-0.15, -0.1) is 0 Å². The number of carbonyl (C=O) groups is 1. The minimum absolute atomic E-state index is 0.605. The Morgan fingerprint density at radius 2 is 1.26 bits per heavy atom. The summed E-state index contributed by atoms with van der Waals surface area (Å²) in [7, 11) is 0. The van der Waals surface area contributed by atoms with Crippen LogP contribution in [-0.2, 0) is 4.79 Å². The van der Waals surface area contributed by atoms with Gasteiger partial charge in [-0.05, 0) is 35.9 Å². The van der Waals surface area contributed by atoms with Crippen LogP contribution in [0.1, 0.15) is 6.92 Å². The van der Waals surface area contributed by atoms with E-state index in [9.17, 15) is 0 Å². The summed E-state index contributed by atoms with van der Waals surface area (Å²) in [6, 6.07) is 30.0. The summed E-state index contributed by atoms with van der Waals surface area (Å²) in [5.74, 6) is 0.240. The van der Waals surface area contributed by atoms with Gasteiger partial charge in [0, 0.05) is 28.8 Å². The van der Waals surface area contributed by atoms with Gasteiger partial charge < -0.3 is 14.3 Å². The van der Waals surface area contributed by atoms with Crippen LogP contribution in [0.25, 0.3) is 28.6 Å². The van der Waals surface area contributed by atoms with Crippen molar-refractivity contribution in [1.82, 2.24) is 5.10 Å². The molecule has 5 heteroatoms. The summed E-state index contributed by atoms with van der Waals surface area (Å²) in [6.07, 6.45) is 0. The van der Waals surface area contributed by atoms with Gasteiger partial charge in [0.15, 0.2) is 0 Å². The number of carboxylic acid groups (broad SMARTS) is 1. The zero-order valence-electron chi connectivity index (χ0n) is 14.8. The molecule has 5 nitrogen and oxygen atoms in total. The van der Waals surface area contributed by atoms with E-state index in [0.717, 1.165) is 29.6 Å². The molecule has 1 heterocycles. The number of carbonyl (C=O) groups excluding carboxylic acids is 1. The molecule has 4 rings (SSSR count). The Kier molecular flexibility index (Phi) is 5.74. The average molecular weight is 358 g/mol. The van der Waals surface area contributed by atoms with Gasteiger partial charge in [0.25, 0.3) is 5.89 Å². The second kappa shape index (κ2) is 8.58. The van der Waals surface area contributed by atoms with Crippen LogP contribution < -0.4 is 9.79 Å². The Bertz CT molecular complexity index is 937. The molecule has 0 bridgehead atoms. The number of aromatic nitrogens is 2. The molecule has 0 unspecified atom stereocenters. The summed E-state index contributed by atoms with van der Waals surface area (Å²) < 4.78 is 7.94. The first-order valence-corrected chi connectivity index (χ1v) is 8.42. The molecule has 0 aliphatic heterocycles. The van der Waals surface area contributed by atoms with Crippen molar-refractivity contribution >= 4 is 5.97 Å². The minimum Gasteiger partial charge on any atom is -0.550 e. The Morgan fingerprint density at radius 3 is 1.78 bits per heavy atom. The SMILES string of the molecule is CC(=O)[O-].c1ccc(-c2n[n+](-c3ccccc3)c(-c3ccccc3)o2)cc1. The van der Waals surface area contributed by atoms with Crippen LogP contribution >= 0.6 is 0 Å². The third kappa shape index (κ3) is 4.67. The highest BCUT2D eigenvalue weighted by Gasteiger charge is 2.26. The maximum atomic E-state index is 8.89. The van der Waals surface area contributed by atoms with Gasteiger partial charge >= 0.3 is 5.89 Å². The summed E-state index contributed by atoms with van der Waals surface area (Å²) in [4.78, 5) is 8.89. The fourth-order valence-electron chi connectivity index (χ4n) is 2.49. The van der Waals surface area contributed by atoms with Gasteiger partial charge in [0.05, 0.1) is 5.56 Å². The minimum atomic E-state index is -1.08. The highest BCUT2D eigenvalue weighted by Crippen LogP contribution is 2.23. The quantitative estimate of drug-likeness (QED) is 0.528. The van der Waals surface area contributed by atoms with Crippen LogP contribution in [0.4, 0.5) is 0 Å². The molecule has 3 aromatic carbocycles. The topological polar surface area (TPSA) is 70.0 Å². The molecule has 0 saturated carbocycles. The predicted molar refractivity (Wildman–Crippen MR) is 99.6 cm³/mol. The van der Waals surface area contributed by atoms with Crippen molar-refractivity contribution < 1.29 is 19.0 Å². The Balaban J connectivity index is 0.000000481. The number of benzene rings is 3. The molecule has 0 spiro atoms. The zero-order chi connectivity index (χ0) is 19.1. The van der Waals surface area contributed by atoms with Crippen LogP contribution in [-0.4, -0.2) is 11.1 Å². The van der Waals surface area contributed by atoms with Crippen LogP contribution in [0.5, 0.6) is 0 Å². The van der Waals surface area contributed by atoms with E-state index in [-0.39, 0.29) is 0 Å². The van der Waals surface area contributed by atoms with Crippen molar-refractivity contribution in [2.75, 3.05) is 0 Å². The van der Waals surface area contributed by atoms with Crippen molar-refractivity contribution in [3.63, 3.8) is 0 Å². The van der Waals surface area contributed by atoms with E-state index in [1.807, 2.05) is 95.7 Å². The molecule has 0 N–H and O–H groups in total. The molecule has 1 aromatic heterocycles. The Labute approximate surface area is 157 Å². The lowest BCUT2D eigenvalue weighted by Crippen LogP contribution is -2.34. The smallest absolute Gasteiger partial charge is 0.414 e. The van der Waals surface area contributed by atoms with Crippen molar-refractivity contribution in [3.8, 4) is 28.6 Å². The molecule has 0 fully saturated rings. The van der Waals surface area contributed by atoms with Crippen molar-refractivity contribution in [3.05, 3.63) is 91.0 Å². The lowest BCUT2D eigenvalue weighted by Gasteiger charge is -1.93. The van der Waals surface area contributed by atoms with E-state index in [1.165, 1.54) is 0 Å². The molecule has 134 valence electrons.